The third-order valence-corrected chi connectivity index (χ3v) is 4.97. The van der Waals surface area contributed by atoms with Crippen LogP contribution in [0.3, 0.4) is 0 Å². The van der Waals surface area contributed by atoms with Gasteiger partial charge in [0.25, 0.3) is 0 Å². The molecule has 0 amide bonds. The Hall–Kier alpha value is -3.18. The smallest absolute Gasteiger partial charge is 0.200 e. The summed E-state index contributed by atoms with van der Waals surface area (Å²) in [7, 11) is 0. The van der Waals surface area contributed by atoms with E-state index in [0.717, 1.165) is 0 Å². The molecule has 146 valence electrons. The van der Waals surface area contributed by atoms with Gasteiger partial charge in [-0.05, 0) is 48.9 Å². The zero-order valence-electron chi connectivity index (χ0n) is 15.3. The van der Waals surface area contributed by atoms with Crippen molar-refractivity contribution >= 4 is 22.6 Å². The number of aryl methyl sites for hydroxylation is 1. The van der Waals surface area contributed by atoms with Crippen LogP contribution in [0.1, 0.15) is 11.3 Å². The van der Waals surface area contributed by atoms with E-state index in [9.17, 15) is 13.6 Å². The van der Waals surface area contributed by atoms with Gasteiger partial charge in [-0.25, -0.2) is 8.78 Å². The molecule has 0 saturated carbocycles. The number of hydrogen-bond acceptors (Lipinski definition) is 3. The first kappa shape index (κ1) is 19.2. The van der Waals surface area contributed by atoms with E-state index < -0.39 is 5.82 Å². The molecule has 0 bridgehead atoms. The SMILES string of the molecule is Cc1oc2cc(OCc3c(F)cccc3Cl)ccc2c(=O)c1-c1ccc(F)cc1. The van der Waals surface area contributed by atoms with Crippen molar-refractivity contribution in [2.75, 3.05) is 0 Å². The van der Waals surface area contributed by atoms with Crippen LogP contribution < -0.4 is 10.2 Å². The number of rotatable bonds is 4. The molecule has 0 fully saturated rings. The summed E-state index contributed by atoms with van der Waals surface area (Å²) >= 11 is 6.01. The summed E-state index contributed by atoms with van der Waals surface area (Å²) in [6.45, 7) is 1.61. The molecule has 0 N–H and O–H groups in total. The first-order valence-corrected chi connectivity index (χ1v) is 9.21. The number of halogens is 3. The Bertz CT molecular complexity index is 1240. The molecule has 0 aliphatic heterocycles. The minimum atomic E-state index is -0.454. The zero-order chi connectivity index (χ0) is 20.5. The Morgan fingerprint density at radius 1 is 1.03 bits per heavy atom. The van der Waals surface area contributed by atoms with Crippen LogP contribution in [0.15, 0.2) is 69.9 Å². The molecule has 0 radical (unpaired) electrons. The molecule has 0 unspecified atom stereocenters. The van der Waals surface area contributed by atoms with Gasteiger partial charge in [0.1, 0.15) is 35.3 Å². The van der Waals surface area contributed by atoms with Crippen LogP contribution in [0.2, 0.25) is 5.02 Å². The first-order chi connectivity index (χ1) is 13.9. The highest BCUT2D eigenvalue weighted by Gasteiger charge is 2.15. The van der Waals surface area contributed by atoms with Gasteiger partial charge in [-0.2, -0.15) is 0 Å². The van der Waals surface area contributed by atoms with Crippen molar-refractivity contribution in [1.82, 2.24) is 0 Å². The fourth-order valence-electron chi connectivity index (χ4n) is 3.15. The van der Waals surface area contributed by atoms with E-state index in [4.69, 9.17) is 20.8 Å². The summed E-state index contributed by atoms with van der Waals surface area (Å²) < 4.78 is 38.6. The normalized spacial score (nSPS) is 11.0. The molecule has 0 saturated heterocycles. The molecule has 3 aromatic carbocycles. The molecular formula is C23H15ClF2O3. The Kier molecular flexibility index (Phi) is 5.07. The molecule has 0 spiro atoms. The third-order valence-electron chi connectivity index (χ3n) is 4.62. The van der Waals surface area contributed by atoms with E-state index in [1.165, 1.54) is 36.4 Å². The van der Waals surface area contributed by atoms with Gasteiger partial charge in [-0.1, -0.05) is 29.8 Å². The molecular weight excluding hydrogens is 398 g/mol. The Balaban J connectivity index is 1.69. The van der Waals surface area contributed by atoms with Crippen LogP contribution in [-0.2, 0) is 6.61 Å². The van der Waals surface area contributed by atoms with Crippen molar-refractivity contribution in [3.63, 3.8) is 0 Å². The van der Waals surface area contributed by atoms with Crippen molar-refractivity contribution in [2.45, 2.75) is 13.5 Å². The van der Waals surface area contributed by atoms with Gasteiger partial charge in [0, 0.05) is 11.6 Å². The molecule has 29 heavy (non-hydrogen) atoms. The van der Waals surface area contributed by atoms with Crippen LogP contribution in [0.5, 0.6) is 5.75 Å². The standard InChI is InChI=1S/C23H15ClF2O3/c1-13-22(14-5-7-15(25)8-6-14)23(27)17-10-9-16(11-21(17)29-13)28-12-18-19(24)3-2-4-20(18)26/h2-11H,12H2,1H3. The van der Waals surface area contributed by atoms with Crippen molar-refractivity contribution in [1.29, 1.82) is 0 Å². The van der Waals surface area contributed by atoms with Crippen LogP contribution in [0, 0.1) is 18.6 Å². The molecule has 6 heteroatoms. The van der Waals surface area contributed by atoms with Gasteiger partial charge in [-0.15, -0.1) is 0 Å². The van der Waals surface area contributed by atoms with Crippen LogP contribution >= 0.6 is 11.6 Å². The van der Waals surface area contributed by atoms with Crippen LogP contribution in [0.25, 0.3) is 22.1 Å². The predicted molar refractivity (Wildman–Crippen MR) is 108 cm³/mol. The lowest BCUT2D eigenvalue weighted by molar-refractivity contribution is 0.300. The minimum absolute atomic E-state index is 0.0616. The third kappa shape index (κ3) is 3.74. The lowest BCUT2D eigenvalue weighted by atomic mass is 10.0. The van der Waals surface area contributed by atoms with Crippen LogP contribution in [-0.4, -0.2) is 0 Å². The minimum Gasteiger partial charge on any atom is -0.489 e. The predicted octanol–water partition coefficient (Wildman–Crippen LogP) is 6.28. The lowest BCUT2D eigenvalue weighted by Gasteiger charge is -2.11. The molecule has 4 rings (SSSR count). The summed E-state index contributed by atoms with van der Waals surface area (Å²) in [6.07, 6.45) is 0. The molecule has 3 nitrogen and oxygen atoms in total. The molecule has 0 aliphatic carbocycles. The molecule has 1 aromatic heterocycles. The molecule has 1 heterocycles. The van der Waals surface area contributed by atoms with Crippen molar-refractivity contribution in [3.8, 4) is 16.9 Å². The Morgan fingerprint density at radius 2 is 1.79 bits per heavy atom. The average molecular weight is 413 g/mol. The molecule has 0 aliphatic rings. The monoisotopic (exact) mass is 412 g/mol. The zero-order valence-corrected chi connectivity index (χ0v) is 16.1. The topological polar surface area (TPSA) is 39.4 Å². The number of benzene rings is 3. The summed E-state index contributed by atoms with van der Waals surface area (Å²) in [5.41, 5.74) is 1.33. The fourth-order valence-corrected chi connectivity index (χ4v) is 3.37. The lowest BCUT2D eigenvalue weighted by Crippen LogP contribution is -2.08. The van der Waals surface area contributed by atoms with Gasteiger partial charge in [0.05, 0.1) is 16.0 Å². The number of hydrogen-bond donors (Lipinski definition) is 0. The van der Waals surface area contributed by atoms with Gasteiger partial charge in [0.2, 0.25) is 5.43 Å². The summed E-state index contributed by atoms with van der Waals surface area (Å²) in [4.78, 5) is 13.0. The van der Waals surface area contributed by atoms with Crippen molar-refractivity contribution in [3.05, 3.63) is 98.9 Å². The van der Waals surface area contributed by atoms with Gasteiger partial charge in [-0.3, -0.25) is 4.79 Å². The summed E-state index contributed by atoms with van der Waals surface area (Å²) in [6, 6.07) is 14.9. The van der Waals surface area contributed by atoms with E-state index >= 15 is 0 Å². The average Bonchev–Trinajstić information content (AvgIpc) is 2.69. The number of fused-ring (bicyclic) bond motifs is 1. The largest absolute Gasteiger partial charge is 0.489 e. The van der Waals surface area contributed by atoms with Gasteiger partial charge >= 0.3 is 0 Å². The summed E-state index contributed by atoms with van der Waals surface area (Å²) in [5.74, 6) is -0.0183. The van der Waals surface area contributed by atoms with E-state index in [-0.39, 0.29) is 28.4 Å². The second-order valence-electron chi connectivity index (χ2n) is 6.52. The maximum Gasteiger partial charge on any atom is 0.200 e. The quantitative estimate of drug-likeness (QED) is 0.396. The highest BCUT2D eigenvalue weighted by Crippen LogP contribution is 2.27. The van der Waals surface area contributed by atoms with Crippen molar-refractivity contribution < 1.29 is 17.9 Å². The van der Waals surface area contributed by atoms with E-state index in [1.54, 1.807) is 31.2 Å². The highest BCUT2D eigenvalue weighted by atomic mass is 35.5. The Labute approximate surface area is 170 Å². The van der Waals surface area contributed by atoms with Crippen molar-refractivity contribution in [2.24, 2.45) is 0 Å². The first-order valence-electron chi connectivity index (χ1n) is 8.83. The second kappa shape index (κ2) is 7.68. The summed E-state index contributed by atoms with van der Waals surface area (Å²) in [5, 5.41) is 0.642. The van der Waals surface area contributed by atoms with Gasteiger partial charge in [0.15, 0.2) is 0 Å². The highest BCUT2D eigenvalue weighted by molar-refractivity contribution is 6.31. The van der Waals surface area contributed by atoms with Gasteiger partial charge < -0.3 is 9.15 Å². The van der Waals surface area contributed by atoms with Crippen LogP contribution in [0.4, 0.5) is 8.78 Å². The van der Waals surface area contributed by atoms with E-state index in [1.807, 2.05) is 0 Å². The fraction of sp³-hybridized carbons (Fsp3) is 0.0870. The second-order valence-corrected chi connectivity index (χ2v) is 6.92. The molecule has 4 aromatic rings. The number of ether oxygens (including phenoxy) is 1. The van der Waals surface area contributed by atoms with E-state index in [0.29, 0.717) is 33.6 Å². The maximum absolute atomic E-state index is 13.9. The Morgan fingerprint density at radius 3 is 2.52 bits per heavy atom. The molecule has 0 atom stereocenters. The maximum atomic E-state index is 13.9. The van der Waals surface area contributed by atoms with E-state index in [2.05, 4.69) is 0 Å².